The van der Waals surface area contributed by atoms with Crippen molar-refractivity contribution in [3.8, 4) is 0 Å². The summed E-state index contributed by atoms with van der Waals surface area (Å²) in [7, 11) is -3.49. The third kappa shape index (κ3) is 4.00. The minimum Gasteiger partial charge on any atom is -0.313 e. The van der Waals surface area contributed by atoms with E-state index in [1.54, 1.807) is 28.8 Å². The van der Waals surface area contributed by atoms with Gasteiger partial charge in [-0.05, 0) is 31.9 Å². The number of halogens is 2. The van der Waals surface area contributed by atoms with Crippen LogP contribution in [0.25, 0.3) is 10.8 Å². The number of hydrogen-bond donors (Lipinski definition) is 1. The normalized spacial score (nSPS) is 19.2. The lowest BCUT2D eigenvalue weighted by atomic mass is 10.1. The highest BCUT2D eigenvalue weighted by Crippen LogP contribution is 2.28. The van der Waals surface area contributed by atoms with E-state index in [1.807, 2.05) is 13.0 Å². The molecule has 2 aromatic rings. The number of fused-ring (bicyclic) bond motifs is 1. The van der Waals surface area contributed by atoms with Gasteiger partial charge >= 0.3 is 0 Å². The minimum absolute atomic E-state index is 0. The van der Waals surface area contributed by atoms with E-state index < -0.39 is 10.0 Å². The first-order valence-electron chi connectivity index (χ1n) is 7.57. The second kappa shape index (κ2) is 8.45. The Kier molecular flexibility index (Phi) is 7.44. The molecule has 1 aliphatic rings. The third-order valence-corrected chi connectivity index (χ3v) is 6.16. The summed E-state index contributed by atoms with van der Waals surface area (Å²) in [6.45, 7) is 5.74. The molecule has 1 aromatic carbocycles. The van der Waals surface area contributed by atoms with E-state index >= 15 is 0 Å². The molecule has 0 radical (unpaired) electrons. The maximum absolute atomic E-state index is 13.1. The van der Waals surface area contributed by atoms with Gasteiger partial charge in [0.05, 0.1) is 4.90 Å². The van der Waals surface area contributed by atoms with Crippen molar-refractivity contribution in [3.63, 3.8) is 0 Å². The molecule has 24 heavy (non-hydrogen) atoms. The molecule has 0 bridgehead atoms. The molecular weight excluding hydrogens is 369 g/mol. The molecule has 1 unspecified atom stereocenters. The van der Waals surface area contributed by atoms with Gasteiger partial charge in [-0.2, -0.15) is 4.31 Å². The summed E-state index contributed by atoms with van der Waals surface area (Å²) in [5.41, 5.74) is 0.887. The van der Waals surface area contributed by atoms with E-state index in [4.69, 9.17) is 0 Å². The van der Waals surface area contributed by atoms with Crippen molar-refractivity contribution in [2.75, 3.05) is 19.6 Å². The van der Waals surface area contributed by atoms with Crippen LogP contribution in [0.5, 0.6) is 0 Å². The van der Waals surface area contributed by atoms with Gasteiger partial charge in [-0.1, -0.05) is 12.1 Å². The van der Waals surface area contributed by atoms with Crippen molar-refractivity contribution < 1.29 is 8.42 Å². The van der Waals surface area contributed by atoms with E-state index in [1.165, 1.54) is 0 Å². The summed E-state index contributed by atoms with van der Waals surface area (Å²) in [6.07, 6.45) is 4.26. The van der Waals surface area contributed by atoms with Gasteiger partial charge < -0.3 is 5.32 Å². The molecule has 3 rings (SSSR count). The molecule has 134 valence electrons. The Morgan fingerprint density at radius 1 is 1.21 bits per heavy atom. The van der Waals surface area contributed by atoms with Crippen LogP contribution >= 0.6 is 24.8 Å². The van der Waals surface area contributed by atoms with Crippen molar-refractivity contribution >= 4 is 45.6 Å². The summed E-state index contributed by atoms with van der Waals surface area (Å²) in [5.74, 6) is 0. The zero-order valence-corrected chi connectivity index (χ0v) is 16.2. The fourth-order valence-corrected chi connectivity index (χ4v) is 4.70. The number of hydrogen-bond acceptors (Lipinski definition) is 4. The van der Waals surface area contributed by atoms with Crippen LogP contribution in [0.4, 0.5) is 0 Å². The lowest BCUT2D eigenvalue weighted by Crippen LogP contribution is -2.34. The number of nitrogens with zero attached hydrogens (tertiary/aromatic N) is 2. The van der Waals surface area contributed by atoms with E-state index in [0.29, 0.717) is 30.6 Å². The topological polar surface area (TPSA) is 62.3 Å². The zero-order chi connectivity index (χ0) is 15.7. The van der Waals surface area contributed by atoms with Crippen LogP contribution in [0.15, 0.2) is 35.5 Å². The third-order valence-electron chi connectivity index (χ3n) is 4.22. The van der Waals surface area contributed by atoms with Crippen LogP contribution in [0.2, 0.25) is 0 Å². The summed E-state index contributed by atoms with van der Waals surface area (Å²) >= 11 is 0. The fourth-order valence-electron chi connectivity index (χ4n) is 2.95. The van der Waals surface area contributed by atoms with Crippen LogP contribution in [0.3, 0.4) is 0 Å². The van der Waals surface area contributed by atoms with Crippen LogP contribution in [0, 0.1) is 6.92 Å². The van der Waals surface area contributed by atoms with Crippen LogP contribution < -0.4 is 5.32 Å². The quantitative estimate of drug-likeness (QED) is 0.854. The standard InChI is InChI=1S/C16H21N3O2S.2ClH/c1-12-10-17-11-14-4-3-5-15(16(12)14)22(20,21)19-8-6-13(2)18-7-9-19;;/h3-5,10-11,13,18H,6-9H2,1-2H3;2*1H. The lowest BCUT2D eigenvalue weighted by Gasteiger charge is -2.21. The van der Waals surface area contributed by atoms with Gasteiger partial charge in [0.1, 0.15) is 0 Å². The van der Waals surface area contributed by atoms with Crippen LogP contribution in [-0.2, 0) is 10.0 Å². The number of nitrogens with one attached hydrogen (secondary N) is 1. The van der Waals surface area contributed by atoms with Crippen molar-refractivity contribution in [3.05, 3.63) is 36.2 Å². The Balaban J connectivity index is 0.00000144. The first kappa shape index (κ1) is 21.1. The number of aryl methyl sites for hydroxylation is 1. The molecule has 5 nitrogen and oxygen atoms in total. The maximum Gasteiger partial charge on any atom is 0.243 e. The highest BCUT2D eigenvalue weighted by atomic mass is 35.5. The number of aromatic nitrogens is 1. The van der Waals surface area contributed by atoms with E-state index in [0.717, 1.165) is 22.8 Å². The zero-order valence-electron chi connectivity index (χ0n) is 13.7. The van der Waals surface area contributed by atoms with Gasteiger partial charge in [-0.25, -0.2) is 8.42 Å². The summed E-state index contributed by atoms with van der Waals surface area (Å²) in [5, 5.41) is 4.97. The van der Waals surface area contributed by atoms with E-state index in [2.05, 4.69) is 17.2 Å². The first-order chi connectivity index (χ1) is 10.5. The molecule has 1 atom stereocenters. The second-order valence-electron chi connectivity index (χ2n) is 5.86. The Bertz CT molecular complexity index is 794. The van der Waals surface area contributed by atoms with Crippen molar-refractivity contribution in [1.29, 1.82) is 0 Å². The second-order valence-corrected chi connectivity index (χ2v) is 7.76. The summed E-state index contributed by atoms with van der Waals surface area (Å²) in [4.78, 5) is 4.54. The van der Waals surface area contributed by atoms with Gasteiger partial charge in [-0.3, -0.25) is 4.98 Å². The first-order valence-corrected chi connectivity index (χ1v) is 9.01. The Morgan fingerprint density at radius 3 is 2.71 bits per heavy atom. The fraction of sp³-hybridized carbons (Fsp3) is 0.438. The van der Waals surface area contributed by atoms with Crippen LogP contribution in [-0.4, -0.2) is 43.4 Å². The molecule has 0 spiro atoms. The van der Waals surface area contributed by atoms with Gasteiger partial charge in [-0.15, -0.1) is 24.8 Å². The Labute approximate surface area is 155 Å². The summed E-state index contributed by atoms with van der Waals surface area (Å²) < 4.78 is 27.8. The Hall–Kier alpha value is -0.920. The predicted molar refractivity (Wildman–Crippen MR) is 102 cm³/mol. The molecule has 1 aliphatic heterocycles. The predicted octanol–water partition coefficient (Wildman–Crippen LogP) is 2.76. The average Bonchev–Trinajstić information content (AvgIpc) is 2.72. The largest absolute Gasteiger partial charge is 0.313 e. The Morgan fingerprint density at radius 2 is 1.96 bits per heavy atom. The van der Waals surface area contributed by atoms with Crippen molar-refractivity contribution in [2.24, 2.45) is 0 Å². The molecule has 1 saturated heterocycles. The highest BCUT2D eigenvalue weighted by Gasteiger charge is 2.28. The number of rotatable bonds is 2. The van der Waals surface area contributed by atoms with Gasteiger partial charge in [0.15, 0.2) is 0 Å². The smallest absolute Gasteiger partial charge is 0.243 e. The SMILES string of the molecule is Cc1cncc2cccc(S(=O)(=O)N3CCNC(C)CC3)c12.Cl.Cl. The number of pyridine rings is 1. The van der Waals surface area contributed by atoms with Gasteiger partial charge in [0.2, 0.25) is 10.0 Å². The van der Waals surface area contributed by atoms with Crippen molar-refractivity contribution in [1.82, 2.24) is 14.6 Å². The minimum atomic E-state index is -3.49. The van der Waals surface area contributed by atoms with E-state index in [-0.39, 0.29) is 24.8 Å². The molecule has 8 heteroatoms. The van der Waals surface area contributed by atoms with Gasteiger partial charge in [0.25, 0.3) is 0 Å². The molecule has 1 N–H and O–H groups in total. The monoisotopic (exact) mass is 391 g/mol. The maximum atomic E-state index is 13.1. The molecule has 2 heterocycles. The molecule has 1 aromatic heterocycles. The molecule has 0 saturated carbocycles. The molecular formula is C16H23Cl2N3O2S. The number of benzene rings is 1. The van der Waals surface area contributed by atoms with Gasteiger partial charge in [0, 0.05) is 48.8 Å². The number of sulfonamides is 1. The van der Waals surface area contributed by atoms with Crippen LogP contribution in [0.1, 0.15) is 18.9 Å². The lowest BCUT2D eigenvalue weighted by molar-refractivity contribution is 0.429. The molecule has 0 aliphatic carbocycles. The molecule has 1 fully saturated rings. The summed E-state index contributed by atoms with van der Waals surface area (Å²) in [6, 6.07) is 5.74. The molecule has 0 amide bonds. The average molecular weight is 392 g/mol. The van der Waals surface area contributed by atoms with Crippen molar-refractivity contribution in [2.45, 2.75) is 31.2 Å². The van der Waals surface area contributed by atoms with E-state index in [9.17, 15) is 8.42 Å². The highest BCUT2D eigenvalue weighted by molar-refractivity contribution is 7.89.